The number of hydrogen-bond acceptors (Lipinski definition) is 4. The van der Waals surface area contributed by atoms with E-state index in [1.165, 1.54) is 6.92 Å². The van der Waals surface area contributed by atoms with Gasteiger partial charge in [-0.05, 0) is 12.5 Å². The molecule has 1 rings (SSSR count). The summed E-state index contributed by atoms with van der Waals surface area (Å²) in [5.41, 5.74) is 1.45. The summed E-state index contributed by atoms with van der Waals surface area (Å²) in [6.07, 6.45) is 0.187. The van der Waals surface area contributed by atoms with Gasteiger partial charge in [0.2, 0.25) is 0 Å². The van der Waals surface area contributed by atoms with Crippen LogP contribution in [0.2, 0.25) is 0 Å². The van der Waals surface area contributed by atoms with Crippen LogP contribution in [-0.4, -0.2) is 28.9 Å². The van der Waals surface area contributed by atoms with E-state index in [9.17, 15) is 14.4 Å². The van der Waals surface area contributed by atoms with Gasteiger partial charge in [-0.15, -0.1) is 0 Å². The number of esters is 1. The van der Waals surface area contributed by atoms with Crippen LogP contribution in [0.25, 0.3) is 0 Å². The standard InChI is InChI=1S/C15H18O5/c1-10(20-11(2)16)9-12-3-5-13(6-4-12)14(17)7-8-15(18)19/h3-6,10H,7-9H2,1-2H3,(H,18,19). The minimum Gasteiger partial charge on any atom is -0.481 e. The average molecular weight is 278 g/mol. The molecule has 0 saturated heterocycles. The van der Waals surface area contributed by atoms with Gasteiger partial charge in [-0.3, -0.25) is 14.4 Å². The molecule has 1 atom stereocenters. The molecule has 108 valence electrons. The van der Waals surface area contributed by atoms with E-state index in [1.54, 1.807) is 31.2 Å². The van der Waals surface area contributed by atoms with Crippen LogP contribution in [0.4, 0.5) is 0 Å². The van der Waals surface area contributed by atoms with Crippen molar-refractivity contribution in [1.82, 2.24) is 0 Å². The zero-order chi connectivity index (χ0) is 15.1. The Balaban J connectivity index is 2.57. The molecule has 5 nitrogen and oxygen atoms in total. The smallest absolute Gasteiger partial charge is 0.303 e. The Morgan fingerprint density at radius 2 is 1.75 bits per heavy atom. The fourth-order valence-electron chi connectivity index (χ4n) is 1.85. The highest BCUT2D eigenvalue weighted by molar-refractivity contribution is 5.97. The van der Waals surface area contributed by atoms with Gasteiger partial charge in [0, 0.05) is 25.3 Å². The lowest BCUT2D eigenvalue weighted by molar-refractivity contribution is -0.145. The number of ketones is 1. The molecule has 0 saturated carbocycles. The summed E-state index contributed by atoms with van der Waals surface area (Å²) >= 11 is 0. The quantitative estimate of drug-likeness (QED) is 0.611. The van der Waals surface area contributed by atoms with Gasteiger partial charge >= 0.3 is 11.9 Å². The van der Waals surface area contributed by atoms with E-state index in [4.69, 9.17) is 9.84 Å². The average Bonchev–Trinajstić information content (AvgIpc) is 2.35. The van der Waals surface area contributed by atoms with Gasteiger partial charge < -0.3 is 9.84 Å². The number of rotatable bonds is 7. The molecule has 5 heteroatoms. The number of carbonyl (C=O) groups is 3. The second-order valence-electron chi connectivity index (χ2n) is 4.64. The maximum Gasteiger partial charge on any atom is 0.303 e. The van der Waals surface area contributed by atoms with Crippen LogP contribution in [-0.2, 0) is 20.7 Å². The van der Waals surface area contributed by atoms with Crippen molar-refractivity contribution in [3.63, 3.8) is 0 Å². The molecule has 0 radical (unpaired) electrons. The lowest BCUT2D eigenvalue weighted by atomic mass is 10.0. The number of carboxylic acids is 1. The van der Waals surface area contributed by atoms with Gasteiger partial charge in [0.25, 0.3) is 0 Å². The largest absolute Gasteiger partial charge is 0.481 e. The lowest BCUT2D eigenvalue weighted by Crippen LogP contribution is -2.15. The highest BCUT2D eigenvalue weighted by Crippen LogP contribution is 2.11. The maximum absolute atomic E-state index is 11.7. The second-order valence-corrected chi connectivity index (χ2v) is 4.64. The third kappa shape index (κ3) is 5.65. The number of aliphatic carboxylic acids is 1. The van der Waals surface area contributed by atoms with E-state index in [0.717, 1.165) is 5.56 Å². The summed E-state index contributed by atoms with van der Waals surface area (Å²) in [4.78, 5) is 32.9. The summed E-state index contributed by atoms with van der Waals surface area (Å²) in [6, 6.07) is 6.90. The van der Waals surface area contributed by atoms with Crippen molar-refractivity contribution in [2.24, 2.45) is 0 Å². The Morgan fingerprint density at radius 3 is 2.25 bits per heavy atom. The first kappa shape index (κ1) is 15.9. The molecule has 0 aliphatic rings. The highest BCUT2D eigenvalue weighted by atomic mass is 16.5. The van der Waals surface area contributed by atoms with E-state index < -0.39 is 5.97 Å². The summed E-state index contributed by atoms with van der Waals surface area (Å²) in [7, 11) is 0. The number of carbonyl (C=O) groups excluding carboxylic acids is 2. The zero-order valence-electron chi connectivity index (χ0n) is 11.6. The summed E-state index contributed by atoms with van der Waals surface area (Å²) in [6.45, 7) is 3.16. The number of carboxylic acid groups (broad SMARTS) is 1. The molecule has 1 unspecified atom stereocenters. The van der Waals surface area contributed by atoms with Crippen molar-refractivity contribution in [1.29, 1.82) is 0 Å². The molecular weight excluding hydrogens is 260 g/mol. The predicted octanol–water partition coefficient (Wildman–Crippen LogP) is 2.23. The first-order valence-electron chi connectivity index (χ1n) is 6.39. The van der Waals surface area contributed by atoms with E-state index >= 15 is 0 Å². The summed E-state index contributed by atoms with van der Waals surface area (Å²) in [5.74, 6) is -1.49. The van der Waals surface area contributed by atoms with Gasteiger partial charge in [-0.1, -0.05) is 24.3 Å². The van der Waals surface area contributed by atoms with Gasteiger partial charge in [0.05, 0.1) is 6.42 Å². The fourth-order valence-corrected chi connectivity index (χ4v) is 1.85. The molecule has 1 N–H and O–H groups in total. The van der Waals surface area contributed by atoms with Crippen LogP contribution in [0.15, 0.2) is 24.3 Å². The molecule has 0 aliphatic heterocycles. The van der Waals surface area contributed by atoms with Crippen LogP contribution < -0.4 is 0 Å². The van der Waals surface area contributed by atoms with E-state index in [-0.39, 0.29) is 30.7 Å². The van der Waals surface area contributed by atoms with Gasteiger partial charge in [-0.25, -0.2) is 0 Å². The monoisotopic (exact) mass is 278 g/mol. The Hall–Kier alpha value is -2.17. The molecule has 0 bridgehead atoms. The van der Waals surface area contributed by atoms with Crippen LogP contribution >= 0.6 is 0 Å². The van der Waals surface area contributed by atoms with Crippen LogP contribution in [0.5, 0.6) is 0 Å². The van der Waals surface area contributed by atoms with Crippen molar-refractivity contribution >= 4 is 17.7 Å². The molecule has 0 aliphatic carbocycles. The molecule has 0 fully saturated rings. The minimum atomic E-state index is -0.981. The van der Waals surface area contributed by atoms with Gasteiger partial charge in [0.15, 0.2) is 5.78 Å². The van der Waals surface area contributed by atoms with Crippen LogP contribution in [0.3, 0.4) is 0 Å². The summed E-state index contributed by atoms with van der Waals surface area (Å²) in [5, 5.41) is 8.53. The first-order chi connectivity index (χ1) is 9.38. The minimum absolute atomic E-state index is 0.00146. The molecule has 0 heterocycles. The maximum atomic E-state index is 11.7. The third-order valence-electron chi connectivity index (χ3n) is 2.73. The fraction of sp³-hybridized carbons (Fsp3) is 0.400. The van der Waals surface area contributed by atoms with Crippen LogP contribution in [0.1, 0.15) is 42.6 Å². The molecule has 20 heavy (non-hydrogen) atoms. The zero-order valence-corrected chi connectivity index (χ0v) is 11.6. The highest BCUT2D eigenvalue weighted by Gasteiger charge is 2.10. The number of ether oxygens (including phenoxy) is 1. The van der Waals surface area contributed by atoms with Crippen molar-refractivity contribution in [2.75, 3.05) is 0 Å². The third-order valence-corrected chi connectivity index (χ3v) is 2.73. The SMILES string of the molecule is CC(=O)OC(C)Cc1ccc(C(=O)CCC(=O)O)cc1. The van der Waals surface area contributed by atoms with Gasteiger partial charge in [0.1, 0.15) is 6.10 Å². The number of hydrogen-bond donors (Lipinski definition) is 1. The lowest BCUT2D eigenvalue weighted by Gasteiger charge is -2.11. The van der Waals surface area contributed by atoms with Crippen LogP contribution in [0, 0.1) is 0 Å². The molecule has 0 amide bonds. The number of Topliss-reactive ketones (excluding diaryl/α,β-unsaturated/α-hetero) is 1. The van der Waals surface area contributed by atoms with E-state index in [0.29, 0.717) is 12.0 Å². The second kappa shape index (κ2) is 7.43. The Labute approximate surface area is 117 Å². The molecular formula is C15H18O5. The van der Waals surface area contributed by atoms with E-state index in [1.807, 2.05) is 0 Å². The Kier molecular flexibility index (Phi) is 5.90. The predicted molar refractivity (Wildman–Crippen MR) is 72.6 cm³/mol. The molecule has 1 aromatic rings. The van der Waals surface area contributed by atoms with E-state index in [2.05, 4.69) is 0 Å². The van der Waals surface area contributed by atoms with Gasteiger partial charge in [-0.2, -0.15) is 0 Å². The summed E-state index contributed by atoms with van der Waals surface area (Å²) < 4.78 is 5.03. The molecule has 0 aromatic heterocycles. The van der Waals surface area contributed by atoms with Crippen molar-refractivity contribution in [3.05, 3.63) is 35.4 Å². The Morgan fingerprint density at radius 1 is 1.15 bits per heavy atom. The molecule has 1 aromatic carbocycles. The molecule has 0 spiro atoms. The Bertz CT molecular complexity index is 489. The topological polar surface area (TPSA) is 80.7 Å². The van der Waals surface area contributed by atoms with Crippen molar-refractivity contribution in [3.8, 4) is 0 Å². The normalized spacial score (nSPS) is 11.7. The number of benzene rings is 1. The first-order valence-corrected chi connectivity index (χ1v) is 6.39. The van der Waals surface area contributed by atoms with Crippen molar-refractivity contribution in [2.45, 2.75) is 39.2 Å². The van der Waals surface area contributed by atoms with Crippen molar-refractivity contribution < 1.29 is 24.2 Å².